The number of aliphatic hydroxyl groups is 1. The second kappa shape index (κ2) is 5.02. The van der Waals surface area contributed by atoms with Crippen molar-refractivity contribution in [2.75, 3.05) is 18.5 Å². The van der Waals surface area contributed by atoms with Gasteiger partial charge in [-0.2, -0.15) is 0 Å². The van der Waals surface area contributed by atoms with Crippen molar-refractivity contribution in [3.8, 4) is 0 Å². The number of para-hydroxylation sites is 1. The zero-order valence-electron chi connectivity index (χ0n) is 9.95. The molecule has 94 valence electrons. The van der Waals surface area contributed by atoms with E-state index in [0.717, 1.165) is 0 Å². The van der Waals surface area contributed by atoms with Crippen LogP contribution in [0.25, 0.3) is 0 Å². The van der Waals surface area contributed by atoms with Crippen LogP contribution in [-0.4, -0.2) is 30.0 Å². The van der Waals surface area contributed by atoms with Crippen LogP contribution in [0.3, 0.4) is 0 Å². The number of anilines is 1. The Labute approximate surface area is 101 Å². The molecule has 17 heavy (non-hydrogen) atoms. The van der Waals surface area contributed by atoms with Gasteiger partial charge in [-0.25, -0.2) is 4.39 Å². The SMILES string of the molecule is CCOC1CC(CO)(Nc2ccccc2F)C1. The summed E-state index contributed by atoms with van der Waals surface area (Å²) in [5, 5.41) is 12.5. The summed E-state index contributed by atoms with van der Waals surface area (Å²) in [6.07, 6.45) is 1.60. The monoisotopic (exact) mass is 239 g/mol. The molecule has 0 heterocycles. The Morgan fingerprint density at radius 2 is 2.18 bits per heavy atom. The van der Waals surface area contributed by atoms with E-state index in [4.69, 9.17) is 4.74 Å². The lowest BCUT2D eigenvalue weighted by atomic mass is 9.74. The molecule has 1 fully saturated rings. The van der Waals surface area contributed by atoms with E-state index in [-0.39, 0.29) is 18.5 Å². The highest BCUT2D eigenvalue weighted by Gasteiger charge is 2.44. The van der Waals surface area contributed by atoms with Crippen LogP contribution in [0.2, 0.25) is 0 Å². The average molecular weight is 239 g/mol. The van der Waals surface area contributed by atoms with E-state index in [9.17, 15) is 9.50 Å². The molecule has 1 aliphatic rings. The van der Waals surface area contributed by atoms with E-state index in [1.807, 2.05) is 6.92 Å². The molecule has 4 heteroatoms. The van der Waals surface area contributed by atoms with Crippen molar-refractivity contribution in [3.63, 3.8) is 0 Å². The lowest BCUT2D eigenvalue weighted by Crippen LogP contribution is -2.56. The summed E-state index contributed by atoms with van der Waals surface area (Å²) in [5.74, 6) is -0.291. The molecule has 0 radical (unpaired) electrons. The lowest BCUT2D eigenvalue weighted by Gasteiger charge is -2.47. The Hall–Kier alpha value is -1.13. The van der Waals surface area contributed by atoms with Gasteiger partial charge in [0, 0.05) is 6.61 Å². The Bertz CT molecular complexity index is 377. The smallest absolute Gasteiger partial charge is 0.146 e. The number of nitrogens with one attached hydrogen (secondary N) is 1. The van der Waals surface area contributed by atoms with Crippen LogP contribution in [-0.2, 0) is 4.74 Å². The molecule has 0 amide bonds. The first-order valence-corrected chi connectivity index (χ1v) is 5.94. The fraction of sp³-hybridized carbons (Fsp3) is 0.538. The highest BCUT2D eigenvalue weighted by Crippen LogP contribution is 2.37. The number of hydrogen-bond acceptors (Lipinski definition) is 3. The van der Waals surface area contributed by atoms with E-state index in [0.29, 0.717) is 25.1 Å². The van der Waals surface area contributed by atoms with Crippen molar-refractivity contribution in [2.45, 2.75) is 31.4 Å². The van der Waals surface area contributed by atoms with Gasteiger partial charge in [-0.1, -0.05) is 12.1 Å². The highest BCUT2D eigenvalue weighted by molar-refractivity contribution is 5.47. The third kappa shape index (κ3) is 2.58. The maximum Gasteiger partial charge on any atom is 0.146 e. The second-order valence-corrected chi connectivity index (χ2v) is 4.53. The molecule has 3 nitrogen and oxygen atoms in total. The van der Waals surface area contributed by atoms with Crippen LogP contribution in [0.15, 0.2) is 24.3 Å². The molecule has 0 saturated heterocycles. The summed E-state index contributed by atoms with van der Waals surface area (Å²) < 4.78 is 18.9. The molecule has 0 spiro atoms. The van der Waals surface area contributed by atoms with E-state index in [2.05, 4.69) is 5.32 Å². The van der Waals surface area contributed by atoms with Gasteiger partial charge in [0.25, 0.3) is 0 Å². The van der Waals surface area contributed by atoms with Gasteiger partial charge in [0.05, 0.1) is 23.9 Å². The topological polar surface area (TPSA) is 41.5 Å². The van der Waals surface area contributed by atoms with Crippen LogP contribution < -0.4 is 5.32 Å². The number of hydrogen-bond donors (Lipinski definition) is 2. The molecule has 0 atom stereocenters. The first kappa shape index (κ1) is 12.3. The zero-order valence-corrected chi connectivity index (χ0v) is 9.95. The number of halogens is 1. The van der Waals surface area contributed by atoms with E-state index in [1.54, 1.807) is 18.2 Å². The third-order valence-electron chi connectivity index (χ3n) is 3.22. The van der Waals surface area contributed by atoms with E-state index in [1.165, 1.54) is 6.07 Å². The predicted molar refractivity (Wildman–Crippen MR) is 64.5 cm³/mol. The summed E-state index contributed by atoms with van der Waals surface area (Å²) in [5.41, 5.74) is 0.0127. The minimum Gasteiger partial charge on any atom is -0.394 e. The Balaban J connectivity index is 2.00. The van der Waals surface area contributed by atoms with Gasteiger partial charge in [0.1, 0.15) is 5.82 Å². The summed E-state index contributed by atoms with van der Waals surface area (Å²) in [6, 6.07) is 6.51. The molecule has 2 N–H and O–H groups in total. The van der Waals surface area contributed by atoms with Crippen LogP contribution >= 0.6 is 0 Å². The van der Waals surface area contributed by atoms with Crippen molar-refractivity contribution in [2.24, 2.45) is 0 Å². The maximum atomic E-state index is 13.5. The average Bonchev–Trinajstić information content (AvgIpc) is 2.29. The first-order chi connectivity index (χ1) is 8.19. The van der Waals surface area contributed by atoms with Crippen LogP contribution in [0.4, 0.5) is 10.1 Å². The maximum absolute atomic E-state index is 13.5. The molecule has 1 aliphatic carbocycles. The minimum atomic E-state index is -0.429. The molecule has 0 aromatic heterocycles. The van der Waals surface area contributed by atoms with Crippen LogP contribution in [0, 0.1) is 5.82 Å². The quantitative estimate of drug-likeness (QED) is 0.827. The van der Waals surface area contributed by atoms with E-state index >= 15 is 0 Å². The predicted octanol–water partition coefficient (Wildman–Crippen LogP) is 2.17. The molecule has 1 saturated carbocycles. The van der Waals surface area contributed by atoms with Crippen molar-refractivity contribution >= 4 is 5.69 Å². The van der Waals surface area contributed by atoms with Gasteiger partial charge in [0.2, 0.25) is 0 Å². The molecular weight excluding hydrogens is 221 g/mol. The fourth-order valence-corrected chi connectivity index (χ4v) is 2.28. The molecule has 2 rings (SSSR count). The van der Waals surface area contributed by atoms with Crippen LogP contribution in [0.5, 0.6) is 0 Å². The summed E-state index contributed by atoms with van der Waals surface area (Å²) in [6.45, 7) is 2.61. The lowest BCUT2D eigenvalue weighted by molar-refractivity contribution is -0.0459. The summed E-state index contributed by atoms with van der Waals surface area (Å²) in [4.78, 5) is 0. The number of benzene rings is 1. The Morgan fingerprint density at radius 3 is 2.76 bits per heavy atom. The standard InChI is InChI=1S/C13H18FNO2/c1-2-17-10-7-13(8-10,9-16)15-12-6-4-3-5-11(12)14/h3-6,10,15-16H,2,7-9H2,1H3. The van der Waals surface area contributed by atoms with Crippen molar-refractivity contribution in [1.82, 2.24) is 0 Å². The summed E-state index contributed by atoms with van der Waals surface area (Å²) in [7, 11) is 0. The third-order valence-corrected chi connectivity index (χ3v) is 3.22. The van der Waals surface area contributed by atoms with Gasteiger partial charge in [-0.3, -0.25) is 0 Å². The van der Waals surface area contributed by atoms with Crippen molar-refractivity contribution in [1.29, 1.82) is 0 Å². The number of aliphatic hydroxyl groups excluding tert-OH is 1. The van der Waals surface area contributed by atoms with Crippen molar-refractivity contribution in [3.05, 3.63) is 30.1 Å². The normalized spacial score (nSPS) is 27.6. The first-order valence-electron chi connectivity index (χ1n) is 5.94. The molecule has 0 aliphatic heterocycles. The van der Waals surface area contributed by atoms with Crippen molar-refractivity contribution < 1.29 is 14.2 Å². The molecule has 0 unspecified atom stereocenters. The van der Waals surface area contributed by atoms with Gasteiger partial charge in [-0.15, -0.1) is 0 Å². The summed E-state index contributed by atoms with van der Waals surface area (Å²) >= 11 is 0. The fourth-order valence-electron chi connectivity index (χ4n) is 2.28. The molecule has 1 aromatic rings. The molecular formula is C13H18FNO2. The largest absolute Gasteiger partial charge is 0.394 e. The Morgan fingerprint density at radius 1 is 1.47 bits per heavy atom. The zero-order chi connectivity index (χ0) is 12.3. The number of ether oxygens (including phenoxy) is 1. The second-order valence-electron chi connectivity index (χ2n) is 4.53. The minimum absolute atomic E-state index is 0.00902. The molecule has 1 aromatic carbocycles. The molecule has 0 bridgehead atoms. The van der Waals surface area contributed by atoms with Gasteiger partial charge < -0.3 is 15.2 Å². The number of rotatable bonds is 5. The highest BCUT2D eigenvalue weighted by atomic mass is 19.1. The van der Waals surface area contributed by atoms with Gasteiger partial charge in [0.15, 0.2) is 0 Å². The van der Waals surface area contributed by atoms with Gasteiger partial charge >= 0.3 is 0 Å². The Kier molecular flexibility index (Phi) is 3.64. The van der Waals surface area contributed by atoms with Gasteiger partial charge in [-0.05, 0) is 31.9 Å². The van der Waals surface area contributed by atoms with Crippen LogP contribution in [0.1, 0.15) is 19.8 Å². The van der Waals surface area contributed by atoms with E-state index < -0.39 is 5.54 Å².